The highest BCUT2D eigenvalue weighted by molar-refractivity contribution is 6.05. The molecule has 184 valence electrons. The number of piperidine rings is 1. The lowest BCUT2D eigenvalue weighted by molar-refractivity contribution is -0.137. The second-order valence-electron chi connectivity index (χ2n) is 9.70. The van der Waals surface area contributed by atoms with E-state index in [1.807, 2.05) is 11.8 Å². The van der Waals surface area contributed by atoms with E-state index in [1.165, 1.54) is 6.07 Å². The fourth-order valence-electron chi connectivity index (χ4n) is 5.17. The number of hydrogen-bond donors (Lipinski definition) is 1. The number of aliphatic imine (C=N–C) groups is 1. The van der Waals surface area contributed by atoms with Crippen molar-refractivity contribution >= 4 is 23.0 Å². The van der Waals surface area contributed by atoms with Crippen LogP contribution in [0.15, 0.2) is 47.5 Å². The number of carbonyl (C=O) groups is 1. The van der Waals surface area contributed by atoms with Crippen LogP contribution < -0.4 is 5.32 Å². The molecule has 0 spiro atoms. The molecular weight excluding hydrogens is 457 g/mol. The van der Waals surface area contributed by atoms with Crippen LogP contribution in [0.2, 0.25) is 0 Å². The third kappa shape index (κ3) is 4.92. The lowest BCUT2D eigenvalue weighted by Gasteiger charge is -2.37. The van der Waals surface area contributed by atoms with Gasteiger partial charge in [0, 0.05) is 49.0 Å². The summed E-state index contributed by atoms with van der Waals surface area (Å²) in [4.78, 5) is 33.1. The number of nitrogens with zero attached hydrogens (tertiary/aromatic N) is 5. The first kappa shape index (κ1) is 23.4. The highest BCUT2D eigenvalue weighted by Gasteiger charge is 2.48. The molecule has 2 fully saturated rings. The first-order valence-electron chi connectivity index (χ1n) is 11.8. The van der Waals surface area contributed by atoms with Gasteiger partial charge in [-0.15, -0.1) is 0 Å². The van der Waals surface area contributed by atoms with E-state index < -0.39 is 11.7 Å². The molecule has 1 aliphatic carbocycles. The van der Waals surface area contributed by atoms with E-state index in [1.54, 1.807) is 18.5 Å². The Labute approximate surface area is 201 Å². The van der Waals surface area contributed by atoms with E-state index >= 15 is 0 Å². The van der Waals surface area contributed by atoms with Crippen LogP contribution >= 0.6 is 0 Å². The van der Waals surface area contributed by atoms with Crippen molar-refractivity contribution in [3.8, 4) is 0 Å². The van der Waals surface area contributed by atoms with Gasteiger partial charge < -0.3 is 10.2 Å². The molecule has 35 heavy (non-hydrogen) atoms. The highest BCUT2D eigenvalue weighted by atomic mass is 19.4. The lowest BCUT2D eigenvalue weighted by Crippen LogP contribution is -2.49. The summed E-state index contributed by atoms with van der Waals surface area (Å²) < 4.78 is 38.5. The number of anilines is 1. The minimum Gasteiger partial charge on any atom is -0.368 e. The summed E-state index contributed by atoms with van der Waals surface area (Å²) in [5, 5.41) is 3.13. The van der Waals surface area contributed by atoms with Crippen LogP contribution in [0.4, 0.5) is 19.0 Å². The predicted molar refractivity (Wildman–Crippen MR) is 125 cm³/mol. The number of halogens is 3. The Kier molecular flexibility index (Phi) is 6.06. The number of carbonyl (C=O) groups excluding carboxylic acids is 1. The van der Waals surface area contributed by atoms with Gasteiger partial charge in [0.05, 0.1) is 5.56 Å². The molecule has 1 amide bonds. The maximum Gasteiger partial charge on any atom is 0.417 e. The third-order valence-electron chi connectivity index (χ3n) is 7.05. The molecule has 2 aliphatic heterocycles. The maximum absolute atomic E-state index is 13.9. The van der Waals surface area contributed by atoms with Gasteiger partial charge in [0.25, 0.3) is 5.91 Å². The number of aromatic nitrogens is 3. The molecule has 0 aromatic carbocycles. The molecule has 1 N–H and O–H groups in total. The summed E-state index contributed by atoms with van der Waals surface area (Å²) in [5.41, 5.74) is 1.26. The highest BCUT2D eigenvalue weighted by Crippen LogP contribution is 2.48. The Morgan fingerprint density at radius 3 is 2.60 bits per heavy atom. The SMILES string of the molecule is CC1=NC(C(=O)N2CC3CC3CC2CNc2ccc(C(F)(F)F)cn2)=C(c2ncccn2)C(C)C1. The molecule has 4 heterocycles. The average molecular weight is 485 g/mol. The van der Waals surface area contributed by atoms with Crippen molar-refractivity contribution < 1.29 is 18.0 Å². The second kappa shape index (κ2) is 9.05. The van der Waals surface area contributed by atoms with Crippen molar-refractivity contribution in [2.45, 2.75) is 45.3 Å². The van der Waals surface area contributed by atoms with Gasteiger partial charge in [-0.3, -0.25) is 9.79 Å². The zero-order valence-electron chi connectivity index (χ0n) is 19.6. The summed E-state index contributed by atoms with van der Waals surface area (Å²) in [6, 6.07) is 3.95. The number of amides is 1. The maximum atomic E-state index is 13.9. The molecule has 2 aromatic heterocycles. The Hall–Kier alpha value is -3.30. The molecule has 2 aromatic rings. The monoisotopic (exact) mass is 484 g/mol. The van der Waals surface area contributed by atoms with E-state index in [4.69, 9.17) is 0 Å². The Balaban J connectivity index is 1.39. The van der Waals surface area contributed by atoms with Gasteiger partial charge in [-0.05, 0) is 62.1 Å². The van der Waals surface area contributed by atoms with Gasteiger partial charge in [0.1, 0.15) is 11.5 Å². The fraction of sp³-hybridized carbons (Fsp3) is 0.480. The summed E-state index contributed by atoms with van der Waals surface area (Å²) in [6.07, 6.45) is 2.38. The fourth-order valence-corrected chi connectivity index (χ4v) is 5.17. The summed E-state index contributed by atoms with van der Waals surface area (Å²) in [5.74, 6) is 1.84. The molecule has 4 unspecified atom stereocenters. The van der Waals surface area contributed by atoms with E-state index in [0.717, 1.165) is 42.8 Å². The van der Waals surface area contributed by atoms with Crippen molar-refractivity contribution in [3.63, 3.8) is 0 Å². The van der Waals surface area contributed by atoms with E-state index in [2.05, 4.69) is 32.2 Å². The second-order valence-corrected chi connectivity index (χ2v) is 9.70. The largest absolute Gasteiger partial charge is 0.417 e. The van der Waals surface area contributed by atoms with Crippen molar-refractivity contribution in [2.75, 3.05) is 18.4 Å². The molecule has 1 saturated heterocycles. The Morgan fingerprint density at radius 1 is 1.14 bits per heavy atom. The van der Waals surface area contributed by atoms with Crippen LogP contribution in [-0.2, 0) is 11.0 Å². The zero-order chi connectivity index (χ0) is 24.7. The number of hydrogen-bond acceptors (Lipinski definition) is 6. The average Bonchev–Trinajstić information content (AvgIpc) is 3.60. The van der Waals surface area contributed by atoms with Gasteiger partial charge in [-0.25, -0.2) is 15.0 Å². The van der Waals surface area contributed by atoms with Crippen LogP contribution in [0.25, 0.3) is 5.57 Å². The topological polar surface area (TPSA) is 83.4 Å². The number of pyridine rings is 1. The van der Waals surface area contributed by atoms with Gasteiger partial charge in [0.2, 0.25) is 0 Å². The minimum atomic E-state index is -4.43. The van der Waals surface area contributed by atoms with Crippen LogP contribution in [0.3, 0.4) is 0 Å². The summed E-state index contributed by atoms with van der Waals surface area (Å²) in [6.45, 7) is 5.02. The molecule has 10 heteroatoms. The normalized spacial score (nSPS) is 26.2. The molecular formula is C25H27F3N6O. The Morgan fingerprint density at radius 2 is 1.91 bits per heavy atom. The molecule has 0 radical (unpaired) electrons. The van der Waals surface area contributed by atoms with Crippen molar-refractivity contribution in [3.05, 3.63) is 53.9 Å². The molecule has 5 rings (SSSR count). The van der Waals surface area contributed by atoms with E-state index in [9.17, 15) is 18.0 Å². The number of likely N-dealkylation sites (tertiary alicyclic amines) is 1. The molecule has 3 aliphatic rings. The van der Waals surface area contributed by atoms with Gasteiger partial charge in [-0.1, -0.05) is 6.92 Å². The number of fused-ring (bicyclic) bond motifs is 1. The predicted octanol–water partition coefficient (Wildman–Crippen LogP) is 4.45. The smallest absolute Gasteiger partial charge is 0.368 e. The Bertz CT molecular complexity index is 1160. The quantitative estimate of drug-likeness (QED) is 0.678. The molecule has 1 saturated carbocycles. The molecule has 4 atom stereocenters. The lowest BCUT2D eigenvalue weighted by atomic mass is 9.89. The number of allylic oxidation sites excluding steroid dienone is 1. The van der Waals surface area contributed by atoms with Crippen LogP contribution in [0.5, 0.6) is 0 Å². The molecule has 0 bridgehead atoms. The van der Waals surface area contributed by atoms with Gasteiger partial charge in [-0.2, -0.15) is 13.2 Å². The summed E-state index contributed by atoms with van der Waals surface area (Å²) >= 11 is 0. The van der Waals surface area contributed by atoms with E-state index in [-0.39, 0.29) is 17.9 Å². The summed E-state index contributed by atoms with van der Waals surface area (Å²) in [7, 11) is 0. The van der Waals surface area contributed by atoms with Gasteiger partial charge in [0.15, 0.2) is 5.82 Å². The van der Waals surface area contributed by atoms with Crippen LogP contribution in [-0.4, -0.2) is 50.6 Å². The van der Waals surface area contributed by atoms with Crippen molar-refractivity contribution in [2.24, 2.45) is 22.7 Å². The minimum absolute atomic E-state index is 0.0558. The number of nitrogens with one attached hydrogen (secondary N) is 1. The van der Waals surface area contributed by atoms with E-state index in [0.29, 0.717) is 42.3 Å². The third-order valence-corrected chi connectivity index (χ3v) is 7.05. The number of alkyl halides is 3. The first-order valence-corrected chi connectivity index (χ1v) is 11.8. The molecule has 7 nitrogen and oxygen atoms in total. The first-order chi connectivity index (χ1) is 16.7. The van der Waals surface area contributed by atoms with Crippen LogP contribution in [0, 0.1) is 17.8 Å². The standard InChI is InChI=1S/C25H27F3N6O/c1-14-8-15(2)33-22(21(14)23-29-6-3-7-30-23)24(35)34-13-17-9-16(17)10-19(34)12-32-20-5-4-18(11-31-20)25(26,27)28/h3-7,11,14,16-17,19H,8-10,12-13H2,1-2H3,(H,31,32). The van der Waals surface area contributed by atoms with Crippen molar-refractivity contribution in [1.29, 1.82) is 0 Å². The van der Waals surface area contributed by atoms with Crippen molar-refractivity contribution in [1.82, 2.24) is 19.9 Å². The van der Waals surface area contributed by atoms with Crippen LogP contribution in [0.1, 0.15) is 44.5 Å². The number of rotatable bonds is 5. The van der Waals surface area contributed by atoms with Gasteiger partial charge >= 0.3 is 6.18 Å². The zero-order valence-corrected chi connectivity index (χ0v) is 19.6.